The van der Waals surface area contributed by atoms with Crippen LogP contribution in [0.15, 0.2) is 24.4 Å². The topological polar surface area (TPSA) is 81.2 Å². The second kappa shape index (κ2) is 4.45. The molecule has 0 spiro atoms. The van der Waals surface area contributed by atoms with E-state index in [2.05, 4.69) is 12.0 Å². The van der Waals surface area contributed by atoms with Gasteiger partial charge in [0, 0.05) is 16.7 Å². The van der Waals surface area contributed by atoms with Gasteiger partial charge >= 0.3 is 0 Å². The molecule has 5 heteroatoms. The summed E-state index contributed by atoms with van der Waals surface area (Å²) in [6, 6.07) is -0.869. The van der Waals surface area contributed by atoms with Crippen LogP contribution in [0.4, 0.5) is 0 Å². The average molecular weight is 157 g/mol. The van der Waals surface area contributed by atoms with Crippen molar-refractivity contribution in [2.24, 2.45) is 5.84 Å². The van der Waals surface area contributed by atoms with E-state index < -0.39 is 11.0 Å². The van der Waals surface area contributed by atoms with Crippen molar-refractivity contribution in [1.29, 1.82) is 0 Å². The first kappa shape index (κ1) is 9.64. The van der Waals surface area contributed by atoms with E-state index in [0.29, 0.717) is 5.70 Å². The van der Waals surface area contributed by atoms with Crippen molar-refractivity contribution < 1.29 is 4.92 Å². The Hall–Kier alpha value is -1.36. The number of nitrogens with one attached hydrogen (secondary N) is 1. The summed E-state index contributed by atoms with van der Waals surface area (Å²) in [5.74, 6) is 5.00. The third-order valence-corrected chi connectivity index (χ3v) is 1.13. The second-order valence-corrected chi connectivity index (χ2v) is 2.01. The predicted molar refractivity (Wildman–Crippen MR) is 42.1 cm³/mol. The van der Waals surface area contributed by atoms with Gasteiger partial charge in [-0.05, 0) is 13.0 Å². The molecule has 1 atom stereocenters. The van der Waals surface area contributed by atoms with Crippen LogP contribution in [-0.2, 0) is 0 Å². The molecule has 0 saturated heterocycles. The van der Waals surface area contributed by atoms with Gasteiger partial charge in [0.05, 0.1) is 0 Å². The first-order valence-electron chi connectivity index (χ1n) is 3.03. The summed E-state index contributed by atoms with van der Waals surface area (Å²) < 4.78 is 0. The molecule has 5 nitrogen and oxygen atoms in total. The molecule has 0 aromatic rings. The minimum atomic E-state index is -0.869. The molecule has 0 aromatic carbocycles. The third-order valence-electron chi connectivity index (χ3n) is 1.13. The first-order valence-corrected chi connectivity index (χ1v) is 3.03. The van der Waals surface area contributed by atoms with E-state index in [-0.39, 0.29) is 0 Å². The molecule has 0 saturated carbocycles. The lowest BCUT2D eigenvalue weighted by Gasteiger charge is -2.00. The highest BCUT2D eigenvalue weighted by Gasteiger charge is 2.10. The Bertz CT molecular complexity index is 188. The molecule has 1 unspecified atom stereocenters. The lowest BCUT2D eigenvalue weighted by Crippen LogP contribution is -2.22. The maximum atomic E-state index is 10.2. The minimum Gasteiger partial charge on any atom is -0.329 e. The van der Waals surface area contributed by atoms with Crippen LogP contribution in [0.2, 0.25) is 0 Å². The van der Waals surface area contributed by atoms with Crippen LogP contribution in [0.1, 0.15) is 6.92 Å². The van der Waals surface area contributed by atoms with E-state index in [4.69, 9.17) is 5.84 Å². The lowest BCUT2D eigenvalue weighted by atomic mass is 10.2. The first-order chi connectivity index (χ1) is 5.11. The summed E-state index contributed by atoms with van der Waals surface area (Å²) in [4.78, 5) is 9.75. The summed E-state index contributed by atoms with van der Waals surface area (Å²) in [6.45, 7) is 4.95. The Morgan fingerprint density at radius 2 is 2.45 bits per heavy atom. The molecule has 0 heterocycles. The zero-order valence-electron chi connectivity index (χ0n) is 6.28. The number of nitro groups is 1. The molecule has 0 radical (unpaired) electrons. The van der Waals surface area contributed by atoms with Gasteiger partial charge in [-0.25, -0.2) is 0 Å². The Kier molecular flexibility index (Phi) is 3.90. The van der Waals surface area contributed by atoms with Gasteiger partial charge in [0.1, 0.15) is 0 Å². The molecule has 0 rings (SSSR count). The van der Waals surface area contributed by atoms with Crippen molar-refractivity contribution in [3.63, 3.8) is 0 Å². The molecular weight excluding hydrogens is 146 g/mol. The van der Waals surface area contributed by atoms with Crippen LogP contribution in [0.25, 0.3) is 0 Å². The summed E-state index contributed by atoms with van der Waals surface area (Å²) in [5, 5.41) is 10.2. The third kappa shape index (κ3) is 3.36. The number of hydrogen-bond donors (Lipinski definition) is 2. The molecule has 0 aliphatic heterocycles. The van der Waals surface area contributed by atoms with Crippen LogP contribution in [-0.4, -0.2) is 11.0 Å². The molecule has 0 aromatic heterocycles. The highest BCUT2D eigenvalue weighted by Crippen LogP contribution is 1.96. The maximum Gasteiger partial charge on any atom is 0.251 e. The molecule has 3 N–H and O–H groups in total. The molecular formula is C6H11N3O2. The van der Waals surface area contributed by atoms with Crippen LogP contribution < -0.4 is 11.3 Å². The van der Waals surface area contributed by atoms with Crippen molar-refractivity contribution >= 4 is 0 Å². The summed E-state index contributed by atoms with van der Waals surface area (Å²) in [6.07, 6.45) is 2.62. The van der Waals surface area contributed by atoms with Crippen LogP contribution in [0.3, 0.4) is 0 Å². The lowest BCUT2D eigenvalue weighted by molar-refractivity contribution is -0.496. The average Bonchev–Trinajstić information content (AvgIpc) is 1.99. The van der Waals surface area contributed by atoms with Gasteiger partial charge in [0.15, 0.2) is 0 Å². The van der Waals surface area contributed by atoms with E-state index in [1.165, 1.54) is 12.2 Å². The van der Waals surface area contributed by atoms with E-state index in [1.807, 2.05) is 0 Å². The van der Waals surface area contributed by atoms with Crippen molar-refractivity contribution in [2.75, 3.05) is 0 Å². The largest absolute Gasteiger partial charge is 0.329 e. The normalized spacial score (nSPS) is 13.8. The van der Waals surface area contributed by atoms with Crippen LogP contribution in [0, 0.1) is 10.1 Å². The Labute approximate surface area is 64.7 Å². The smallest absolute Gasteiger partial charge is 0.251 e. The summed E-state index contributed by atoms with van der Waals surface area (Å²) in [7, 11) is 0. The minimum absolute atomic E-state index is 0.451. The molecule has 0 aliphatic carbocycles. The summed E-state index contributed by atoms with van der Waals surface area (Å²) >= 11 is 0. The van der Waals surface area contributed by atoms with E-state index in [9.17, 15) is 10.1 Å². The maximum absolute atomic E-state index is 10.2. The highest BCUT2D eigenvalue weighted by atomic mass is 16.6. The predicted octanol–water partition coefficient (Wildman–Crippen LogP) is 0.185. The molecule has 0 amide bonds. The van der Waals surface area contributed by atoms with E-state index in [0.717, 1.165) is 0 Å². The molecule has 62 valence electrons. The van der Waals surface area contributed by atoms with E-state index >= 15 is 0 Å². The quantitative estimate of drug-likeness (QED) is 0.264. The van der Waals surface area contributed by atoms with Crippen molar-refractivity contribution in [1.82, 2.24) is 5.43 Å². The number of hydrogen-bond acceptors (Lipinski definition) is 4. The van der Waals surface area contributed by atoms with Gasteiger partial charge in [-0.2, -0.15) is 0 Å². The van der Waals surface area contributed by atoms with Gasteiger partial charge in [-0.3, -0.25) is 16.0 Å². The number of nitrogens with two attached hydrogens (primary N) is 1. The zero-order valence-corrected chi connectivity index (χ0v) is 6.28. The number of allylic oxidation sites excluding steroid dienone is 1. The Morgan fingerprint density at radius 1 is 1.91 bits per heavy atom. The van der Waals surface area contributed by atoms with Crippen LogP contribution >= 0.6 is 0 Å². The van der Waals surface area contributed by atoms with Crippen molar-refractivity contribution in [3.8, 4) is 0 Å². The number of rotatable bonds is 4. The standard InChI is InChI=1S/C6H11N3O2/c1-3-6(9(10)11)4-5(2)8-7/h3-4,6,8H,1,7H2,2H3. The summed E-state index contributed by atoms with van der Waals surface area (Å²) in [5.41, 5.74) is 2.84. The van der Waals surface area contributed by atoms with E-state index in [1.54, 1.807) is 6.92 Å². The van der Waals surface area contributed by atoms with Gasteiger partial charge in [0.2, 0.25) is 0 Å². The van der Waals surface area contributed by atoms with Gasteiger partial charge < -0.3 is 5.43 Å². The van der Waals surface area contributed by atoms with Crippen LogP contribution in [0.5, 0.6) is 0 Å². The zero-order chi connectivity index (χ0) is 8.85. The molecule has 0 aliphatic rings. The molecule has 0 fully saturated rings. The molecule has 0 bridgehead atoms. The fourth-order valence-corrected chi connectivity index (χ4v) is 0.519. The Morgan fingerprint density at radius 3 is 2.73 bits per heavy atom. The van der Waals surface area contributed by atoms with Crippen molar-refractivity contribution in [2.45, 2.75) is 13.0 Å². The molecule has 11 heavy (non-hydrogen) atoms. The fraction of sp³-hybridized carbons (Fsp3) is 0.333. The van der Waals surface area contributed by atoms with Gasteiger partial charge in [-0.1, -0.05) is 6.58 Å². The number of hydrazine groups is 1. The fourth-order valence-electron chi connectivity index (χ4n) is 0.519. The van der Waals surface area contributed by atoms with Gasteiger partial charge in [0.25, 0.3) is 6.04 Å². The van der Waals surface area contributed by atoms with Gasteiger partial charge in [-0.15, -0.1) is 0 Å². The number of nitrogens with zero attached hydrogens (tertiary/aromatic N) is 1. The monoisotopic (exact) mass is 157 g/mol. The van der Waals surface area contributed by atoms with Crippen molar-refractivity contribution in [3.05, 3.63) is 34.5 Å². The second-order valence-electron chi connectivity index (χ2n) is 2.01. The Balaban J connectivity index is 4.29. The SMILES string of the molecule is C=CC(C=C(C)NN)[N+](=O)[O-]. The highest BCUT2D eigenvalue weighted by molar-refractivity contribution is 5.04.